The molecule has 3 aromatic heterocycles. The molecule has 1 aliphatic carbocycles. The van der Waals surface area contributed by atoms with Gasteiger partial charge in [0.25, 0.3) is 0 Å². The number of benzene rings is 1. The zero-order valence-corrected chi connectivity index (χ0v) is 21.8. The maximum Gasteiger partial charge on any atom is 0.239 e. The molecule has 11 heteroatoms. The second-order valence-electron chi connectivity index (χ2n) is 9.60. The van der Waals surface area contributed by atoms with E-state index in [0.717, 1.165) is 35.9 Å². The van der Waals surface area contributed by atoms with Crippen molar-refractivity contribution < 1.29 is 4.74 Å². The van der Waals surface area contributed by atoms with Crippen LogP contribution in [0.2, 0.25) is 0 Å². The molecule has 0 radical (unpaired) electrons. The predicted octanol–water partition coefficient (Wildman–Crippen LogP) is 4.85. The Kier molecular flexibility index (Phi) is 6.89. The molecule has 38 heavy (non-hydrogen) atoms. The number of rotatable bonds is 10. The van der Waals surface area contributed by atoms with Gasteiger partial charge in [0.2, 0.25) is 11.8 Å². The Morgan fingerprint density at radius 2 is 2.00 bits per heavy atom. The smallest absolute Gasteiger partial charge is 0.239 e. The summed E-state index contributed by atoms with van der Waals surface area (Å²) in [5.41, 5.74) is 3.43. The SMILES string of the molecule is COc1nc(N(C)CCN(C)C)c(N=O)cc1Nc1ncc(C#N)c(-c2cn(C3CC3)c3ccccc23)n1. The molecule has 1 aliphatic rings. The summed E-state index contributed by atoms with van der Waals surface area (Å²) in [4.78, 5) is 29.2. The molecular weight excluding hydrogens is 482 g/mol. The van der Waals surface area contributed by atoms with Crippen LogP contribution in [0.25, 0.3) is 22.2 Å². The van der Waals surface area contributed by atoms with E-state index in [1.54, 1.807) is 6.07 Å². The van der Waals surface area contributed by atoms with E-state index in [4.69, 9.17) is 9.72 Å². The van der Waals surface area contributed by atoms with Gasteiger partial charge in [-0.3, -0.25) is 0 Å². The number of nitroso groups, excluding NO2 is 1. The van der Waals surface area contributed by atoms with Crippen LogP contribution in [0.5, 0.6) is 5.88 Å². The number of ether oxygens (including phenoxy) is 1. The summed E-state index contributed by atoms with van der Waals surface area (Å²) in [5, 5.41) is 17.2. The third kappa shape index (κ3) is 4.86. The minimum atomic E-state index is 0.163. The molecular formula is C27H29N9O2. The Morgan fingerprint density at radius 1 is 1.21 bits per heavy atom. The first-order valence-electron chi connectivity index (χ1n) is 12.4. The van der Waals surface area contributed by atoms with Crippen LogP contribution in [-0.4, -0.2) is 65.8 Å². The quantitative estimate of drug-likeness (QED) is 0.298. The molecule has 1 fully saturated rings. The Hall–Kier alpha value is -4.56. The maximum absolute atomic E-state index is 11.7. The van der Waals surface area contributed by atoms with Crippen molar-refractivity contribution in [2.45, 2.75) is 18.9 Å². The molecule has 11 nitrogen and oxygen atoms in total. The Labute approximate surface area is 220 Å². The Morgan fingerprint density at radius 3 is 2.68 bits per heavy atom. The molecule has 1 aromatic carbocycles. The van der Waals surface area contributed by atoms with Gasteiger partial charge in [-0.25, -0.2) is 9.97 Å². The van der Waals surface area contributed by atoms with Crippen LogP contribution in [0.3, 0.4) is 0 Å². The third-order valence-electron chi connectivity index (χ3n) is 6.58. The third-order valence-corrected chi connectivity index (χ3v) is 6.58. The Balaban J connectivity index is 1.53. The molecule has 0 saturated heterocycles. The molecule has 0 atom stereocenters. The van der Waals surface area contributed by atoms with Crippen LogP contribution in [0, 0.1) is 16.2 Å². The van der Waals surface area contributed by atoms with Crippen LogP contribution >= 0.6 is 0 Å². The van der Waals surface area contributed by atoms with Crippen molar-refractivity contribution in [2.75, 3.05) is 51.6 Å². The van der Waals surface area contributed by atoms with Crippen molar-refractivity contribution in [3.8, 4) is 23.2 Å². The number of aromatic nitrogens is 4. The number of fused-ring (bicyclic) bond motifs is 1. The van der Waals surface area contributed by atoms with Gasteiger partial charge in [0, 0.05) is 54.9 Å². The fourth-order valence-electron chi connectivity index (χ4n) is 4.42. The van der Waals surface area contributed by atoms with Crippen LogP contribution in [0.4, 0.5) is 23.1 Å². The van der Waals surface area contributed by atoms with E-state index in [9.17, 15) is 10.2 Å². The normalized spacial score (nSPS) is 12.9. The maximum atomic E-state index is 11.7. The molecule has 0 aliphatic heterocycles. The summed E-state index contributed by atoms with van der Waals surface area (Å²) in [6.45, 7) is 1.42. The summed E-state index contributed by atoms with van der Waals surface area (Å²) in [7, 11) is 7.30. The lowest BCUT2D eigenvalue weighted by Crippen LogP contribution is -2.29. The van der Waals surface area contributed by atoms with Gasteiger partial charge in [-0.1, -0.05) is 18.2 Å². The van der Waals surface area contributed by atoms with Gasteiger partial charge in [0.1, 0.15) is 11.8 Å². The number of hydrogen-bond donors (Lipinski definition) is 1. The molecule has 0 amide bonds. The number of methoxy groups -OCH3 is 1. The van der Waals surface area contributed by atoms with Crippen LogP contribution < -0.4 is 15.0 Å². The predicted molar refractivity (Wildman–Crippen MR) is 147 cm³/mol. The zero-order chi connectivity index (χ0) is 26.8. The first-order chi connectivity index (χ1) is 18.4. The van der Waals surface area contributed by atoms with Gasteiger partial charge in [0.05, 0.1) is 24.6 Å². The van der Waals surface area contributed by atoms with E-state index in [0.29, 0.717) is 35.3 Å². The van der Waals surface area contributed by atoms with Crippen molar-refractivity contribution in [3.05, 3.63) is 53.2 Å². The summed E-state index contributed by atoms with van der Waals surface area (Å²) in [5.74, 6) is 0.926. The minimum Gasteiger partial charge on any atom is -0.479 e. The molecule has 4 aromatic rings. The number of nitrogens with one attached hydrogen (secondary N) is 1. The van der Waals surface area contributed by atoms with Crippen molar-refractivity contribution in [3.63, 3.8) is 0 Å². The summed E-state index contributed by atoms with van der Waals surface area (Å²) < 4.78 is 7.79. The number of pyridine rings is 1. The van der Waals surface area contributed by atoms with E-state index in [-0.39, 0.29) is 17.5 Å². The molecule has 194 valence electrons. The number of nitrogens with zero attached hydrogens (tertiary/aromatic N) is 8. The summed E-state index contributed by atoms with van der Waals surface area (Å²) in [6, 6.07) is 12.4. The zero-order valence-electron chi connectivity index (χ0n) is 21.8. The lowest BCUT2D eigenvalue weighted by molar-refractivity contribution is 0.398. The van der Waals surface area contributed by atoms with Crippen LogP contribution in [-0.2, 0) is 0 Å². The van der Waals surface area contributed by atoms with Gasteiger partial charge in [-0.2, -0.15) is 10.2 Å². The van der Waals surface area contributed by atoms with Crippen LogP contribution in [0.15, 0.2) is 47.9 Å². The average molecular weight is 512 g/mol. The molecule has 0 bridgehead atoms. The number of hydrogen-bond acceptors (Lipinski definition) is 10. The standard InChI is InChI=1S/C27H29N9O2/c1-34(2)11-12-35(3)25-21(33-37)13-22(26(32-25)38-4)30-27-29-15-17(14-28)24(31-27)20-16-36(18-9-10-18)23-8-6-5-7-19(20)23/h5-8,13,15-16,18H,9-12H2,1-4H3,(H,29,30,31). The first-order valence-corrected chi connectivity index (χ1v) is 12.4. The minimum absolute atomic E-state index is 0.163. The second kappa shape index (κ2) is 10.4. The van der Waals surface area contributed by atoms with Crippen LogP contribution in [0.1, 0.15) is 24.4 Å². The van der Waals surface area contributed by atoms with Crippen molar-refractivity contribution in [1.82, 2.24) is 24.4 Å². The van der Waals surface area contributed by atoms with E-state index in [1.165, 1.54) is 13.3 Å². The van der Waals surface area contributed by atoms with E-state index in [2.05, 4.69) is 43.4 Å². The van der Waals surface area contributed by atoms with E-state index >= 15 is 0 Å². The molecule has 5 rings (SSSR count). The van der Waals surface area contributed by atoms with E-state index < -0.39 is 0 Å². The van der Waals surface area contributed by atoms with Crippen molar-refractivity contribution in [2.24, 2.45) is 5.18 Å². The number of anilines is 3. The molecule has 0 spiro atoms. The average Bonchev–Trinajstić information content (AvgIpc) is 3.71. The van der Waals surface area contributed by atoms with E-state index in [1.807, 2.05) is 49.1 Å². The fourth-order valence-corrected chi connectivity index (χ4v) is 4.42. The Bertz CT molecular complexity index is 1540. The van der Waals surface area contributed by atoms with Gasteiger partial charge in [-0.15, -0.1) is 4.91 Å². The topological polar surface area (TPSA) is 125 Å². The number of para-hydroxylation sites is 1. The van der Waals surface area contributed by atoms with Crippen molar-refractivity contribution in [1.29, 1.82) is 5.26 Å². The summed E-state index contributed by atoms with van der Waals surface area (Å²) in [6.07, 6.45) is 5.85. The van der Waals surface area contributed by atoms with Gasteiger partial charge in [-0.05, 0) is 38.2 Å². The molecule has 0 unspecified atom stereocenters. The highest BCUT2D eigenvalue weighted by Crippen LogP contribution is 2.42. The number of nitriles is 1. The number of likely N-dealkylation sites (N-methyl/N-ethyl adjacent to an activating group) is 2. The van der Waals surface area contributed by atoms with Gasteiger partial charge >= 0.3 is 0 Å². The molecule has 1 saturated carbocycles. The van der Waals surface area contributed by atoms with Crippen molar-refractivity contribution >= 4 is 34.0 Å². The molecule has 1 N–H and O–H groups in total. The fraction of sp³-hybridized carbons (Fsp3) is 0.333. The lowest BCUT2D eigenvalue weighted by Gasteiger charge is -2.22. The largest absolute Gasteiger partial charge is 0.479 e. The summed E-state index contributed by atoms with van der Waals surface area (Å²) >= 11 is 0. The van der Waals surface area contributed by atoms with Gasteiger partial charge < -0.3 is 24.4 Å². The first kappa shape index (κ1) is 25.1. The highest BCUT2D eigenvalue weighted by Gasteiger charge is 2.27. The highest BCUT2D eigenvalue weighted by atomic mass is 16.5. The lowest BCUT2D eigenvalue weighted by atomic mass is 10.1. The highest BCUT2D eigenvalue weighted by molar-refractivity contribution is 5.96. The van der Waals surface area contributed by atoms with Gasteiger partial charge in [0.15, 0.2) is 11.5 Å². The monoisotopic (exact) mass is 511 g/mol. The second-order valence-corrected chi connectivity index (χ2v) is 9.60. The molecule has 3 heterocycles.